The van der Waals surface area contributed by atoms with Crippen molar-refractivity contribution < 1.29 is 49.0 Å². The summed E-state index contributed by atoms with van der Waals surface area (Å²) in [5.74, 6) is 0. The number of halogens is 2. The molecule has 0 saturated carbocycles. The molecule has 196 valence electrons. The maximum atomic E-state index is 3.53. The van der Waals surface area contributed by atoms with Crippen molar-refractivity contribution in [2.75, 3.05) is 0 Å². The van der Waals surface area contributed by atoms with Gasteiger partial charge in [-0.3, -0.25) is 0 Å². The monoisotopic (exact) mass is 600 g/mol. The summed E-state index contributed by atoms with van der Waals surface area (Å²) in [4.78, 5) is 0. The molecule has 3 aromatic carbocycles. The Morgan fingerprint density at radius 1 is 0.778 bits per heavy atom. The molecule has 0 atom stereocenters. The molecule has 0 aliphatic heterocycles. The van der Waals surface area contributed by atoms with Gasteiger partial charge in [0.1, 0.15) is 0 Å². The molecule has 0 saturated heterocycles. The van der Waals surface area contributed by atoms with Gasteiger partial charge in [0.15, 0.2) is 0 Å². The Hall–Kier alpha value is -0.877. The number of hydrogen-bond donors (Lipinski definition) is 0. The fourth-order valence-electron chi connectivity index (χ4n) is 4.16. The SMILES string of the molecule is CC(C)(C)c1c[c-]c2c(c1)-c1cc(C(C)(C)C)ccc1C2.CCc1cc(C(C)(C)C)c[cH-]1.[CH2]=[Zr+2].[Cl-].[Cl-]. The van der Waals surface area contributed by atoms with Crippen LogP contribution in [-0.4, -0.2) is 4.21 Å². The minimum Gasteiger partial charge on any atom is -1.00 e. The van der Waals surface area contributed by atoms with Crippen LogP contribution in [0.1, 0.15) is 103 Å². The van der Waals surface area contributed by atoms with Crippen LogP contribution in [0, 0.1) is 6.07 Å². The second-order valence-electron chi connectivity index (χ2n) is 12.4. The van der Waals surface area contributed by atoms with E-state index in [-0.39, 0.29) is 35.6 Å². The molecule has 0 aromatic heterocycles. The predicted molar refractivity (Wildman–Crippen MR) is 148 cm³/mol. The van der Waals surface area contributed by atoms with Gasteiger partial charge in [0.25, 0.3) is 0 Å². The smallest absolute Gasteiger partial charge is 1.00 e. The van der Waals surface area contributed by atoms with Crippen LogP contribution in [0.2, 0.25) is 0 Å². The molecule has 0 radical (unpaired) electrons. The minimum absolute atomic E-state index is 0. The van der Waals surface area contributed by atoms with Gasteiger partial charge in [-0.2, -0.15) is 52.6 Å². The zero-order valence-corrected chi connectivity index (χ0v) is 28.0. The van der Waals surface area contributed by atoms with Gasteiger partial charge in [-0.1, -0.05) is 116 Å². The van der Waals surface area contributed by atoms with E-state index in [1.54, 1.807) is 0 Å². The van der Waals surface area contributed by atoms with Crippen LogP contribution in [0.25, 0.3) is 11.1 Å². The first-order valence-corrected chi connectivity index (χ1v) is 14.2. The van der Waals surface area contributed by atoms with Crippen molar-refractivity contribution in [3.8, 4) is 11.1 Å². The molecule has 36 heavy (non-hydrogen) atoms. The second-order valence-corrected chi connectivity index (χ2v) is 12.4. The third-order valence-electron chi connectivity index (χ3n) is 6.62. The molecule has 4 rings (SSSR count). The zero-order valence-electron chi connectivity index (χ0n) is 24.0. The van der Waals surface area contributed by atoms with Crippen molar-refractivity contribution in [3.63, 3.8) is 0 Å². The van der Waals surface area contributed by atoms with Crippen molar-refractivity contribution in [1.29, 1.82) is 0 Å². The van der Waals surface area contributed by atoms with E-state index < -0.39 is 0 Å². The molecule has 0 unspecified atom stereocenters. The third kappa shape index (κ3) is 8.86. The van der Waals surface area contributed by atoms with E-state index in [2.05, 4.69) is 128 Å². The fraction of sp³-hybridized carbons (Fsp3) is 0.455. The molecule has 1 aliphatic carbocycles. The summed E-state index contributed by atoms with van der Waals surface area (Å²) < 4.78 is 3.34. The van der Waals surface area contributed by atoms with E-state index in [0.29, 0.717) is 5.41 Å². The standard InChI is InChI=1S/C21H25.C11H17.CH2.2ClH.Zr/c1-20(2,3)16-9-7-14-11-15-8-10-17(21(4,5)6)13-19(15)18(14)12-16;1-5-9-6-7-10(8-9)11(2,3)4;;;;/h7,9-10,12-13H,11H2,1-6H3;6-8H,5H2,1-4H3;1H2;2*1H;/q2*-1;;;;+2/p-2. The maximum absolute atomic E-state index is 3.53. The first-order chi connectivity index (χ1) is 15.7. The average Bonchev–Trinajstić information content (AvgIpc) is 3.38. The molecule has 3 aromatic rings. The summed E-state index contributed by atoms with van der Waals surface area (Å²) in [5, 5.41) is 0. The van der Waals surface area contributed by atoms with Gasteiger partial charge in [-0.25, -0.2) is 6.07 Å². The summed E-state index contributed by atoms with van der Waals surface area (Å²) >= 11 is 1.30. The summed E-state index contributed by atoms with van der Waals surface area (Å²) in [6, 6.07) is 21.8. The Morgan fingerprint density at radius 3 is 1.75 bits per heavy atom. The van der Waals surface area contributed by atoms with Crippen LogP contribution in [0.3, 0.4) is 0 Å². The Kier molecular flexibility index (Phi) is 13.4. The van der Waals surface area contributed by atoms with E-state index in [1.807, 2.05) is 0 Å². The molecular weight excluding hydrogens is 558 g/mol. The average molecular weight is 603 g/mol. The summed E-state index contributed by atoms with van der Waals surface area (Å²) in [6.45, 7) is 22.6. The topological polar surface area (TPSA) is 0 Å². The molecule has 0 fully saturated rings. The van der Waals surface area contributed by atoms with Crippen LogP contribution in [0.5, 0.6) is 0 Å². The molecule has 0 bridgehead atoms. The van der Waals surface area contributed by atoms with Gasteiger partial charge in [0.05, 0.1) is 0 Å². The van der Waals surface area contributed by atoms with Crippen molar-refractivity contribution in [2.24, 2.45) is 0 Å². The molecule has 0 nitrogen and oxygen atoms in total. The quantitative estimate of drug-likeness (QED) is 0.294. The van der Waals surface area contributed by atoms with Gasteiger partial charge in [0, 0.05) is 0 Å². The third-order valence-corrected chi connectivity index (χ3v) is 6.62. The molecule has 0 heterocycles. The predicted octanol–water partition coefficient (Wildman–Crippen LogP) is 2.89. The molecule has 3 heteroatoms. The molecule has 0 amide bonds. The Bertz CT molecular complexity index is 1040. The summed E-state index contributed by atoms with van der Waals surface area (Å²) in [7, 11) is 0. The van der Waals surface area contributed by atoms with Gasteiger partial charge in [-0.15, -0.1) is 5.56 Å². The number of hydrogen-bond acceptors (Lipinski definition) is 0. The van der Waals surface area contributed by atoms with Gasteiger partial charge in [0.2, 0.25) is 0 Å². The largest absolute Gasteiger partial charge is 1.00 e. The molecule has 0 N–H and O–H groups in total. The van der Waals surface area contributed by atoms with Gasteiger partial charge in [-0.05, 0) is 17.4 Å². The van der Waals surface area contributed by atoms with E-state index in [1.165, 1.54) is 68.7 Å². The first kappa shape index (κ1) is 35.1. The van der Waals surface area contributed by atoms with E-state index in [4.69, 9.17) is 0 Å². The number of benzene rings is 2. The normalized spacial score (nSPS) is 12.0. The van der Waals surface area contributed by atoms with Gasteiger partial charge >= 0.3 is 28.4 Å². The maximum Gasteiger partial charge on any atom is -1.00 e. The fourth-order valence-corrected chi connectivity index (χ4v) is 4.16. The summed E-state index contributed by atoms with van der Waals surface area (Å²) in [5.41, 5.74) is 12.0. The Labute approximate surface area is 249 Å². The second kappa shape index (κ2) is 13.8. The first-order valence-electron chi connectivity index (χ1n) is 12.5. The Balaban J connectivity index is 0.000000701. The van der Waals surface area contributed by atoms with E-state index in [9.17, 15) is 0 Å². The van der Waals surface area contributed by atoms with E-state index in [0.717, 1.165) is 12.8 Å². The van der Waals surface area contributed by atoms with Crippen LogP contribution in [0.15, 0.2) is 48.5 Å². The van der Waals surface area contributed by atoms with Crippen molar-refractivity contribution in [2.45, 2.75) is 98.3 Å². The zero-order chi connectivity index (χ0) is 25.9. The van der Waals surface area contributed by atoms with Crippen molar-refractivity contribution in [1.82, 2.24) is 0 Å². The Morgan fingerprint density at radius 2 is 1.31 bits per heavy atom. The molecular formula is C33H44Cl2Zr-2. The van der Waals surface area contributed by atoms with Crippen LogP contribution < -0.4 is 24.8 Å². The molecule has 0 spiro atoms. The van der Waals surface area contributed by atoms with Crippen molar-refractivity contribution >= 4 is 4.21 Å². The van der Waals surface area contributed by atoms with Crippen molar-refractivity contribution in [3.05, 3.63) is 88.0 Å². The van der Waals surface area contributed by atoms with Crippen LogP contribution in [-0.2, 0) is 53.3 Å². The van der Waals surface area contributed by atoms with E-state index >= 15 is 0 Å². The number of fused-ring (bicyclic) bond motifs is 3. The van der Waals surface area contributed by atoms with Crippen LogP contribution >= 0.6 is 0 Å². The minimum atomic E-state index is 0. The molecule has 1 aliphatic rings. The van der Waals surface area contributed by atoms with Crippen LogP contribution in [0.4, 0.5) is 0 Å². The number of rotatable bonds is 1. The summed E-state index contributed by atoms with van der Waals surface area (Å²) in [6.07, 6.45) is 2.18. The van der Waals surface area contributed by atoms with Gasteiger partial charge < -0.3 is 24.8 Å². The number of aryl methyl sites for hydroxylation is 1.